The van der Waals surface area contributed by atoms with E-state index in [4.69, 9.17) is 10.8 Å². The first-order chi connectivity index (χ1) is 6.77. The number of rotatable bonds is 2. The van der Waals surface area contributed by atoms with Crippen LogP contribution in [0, 0.1) is 11.3 Å². The van der Waals surface area contributed by atoms with Gasteiger partial charge < -0.3 is 0 Å². The maximum Gasteiger partial charge on any atom is 0.243 e. The fraction of sp³-hybridized carbons (Fsp3) is 0. The zero-order valence-electron chi connectivity index (χ0n) is 6.91. The predicted octanol–water partition coefficient (Wildman–Crippen LogP) is 2.49. The van der Waals surface area contributed by atoms with Gasteiger partial charge in [0.2, 0.25) is 5.91 Å². The van der Waals surface area contributed by atoms with Gasteiger partial charge in [-0.15, -0.1) is 0 Å². The van der Waals surface area contributed by atoms with E-state index < -0.39 is 5.91 Å². The zero-order chi connectivity index (χ0) is 10.4. The summed E-state index contributed by atoms with van der Waals surface area (Å²) in [4.78, 5) is 13.2. The topological polar surface area (TPSA) is 89.6 Å². The number of nitriles is 1. The van der Waals surface area contributed by atoms with E-state index in [9.17, 15) is 4.79 Å². The van der Waals surface area contributed by atoms with Crippen molar-refractivity contribution >= 4 is 22.8 Å². The van der Waals surface area contributed by atoms with Gasteiger partial charge in [-0.2, -0.15) is 16.6 Å². The first-order valence-corrected chi connectivity index (χ1v) is 4.45. The van der Waals surface area contributed by atoms with Crippen molar-refractivity contribution in [2.45, 2.75) is 0 Å². The molecule has 5 nitrogen and oxygen atoms in total. The number of hydrogen-bond donors (Lipinski definition) is 0. The highest BCUT2D eigenvalue weighted by Crippen LogP contribution is 2.16. The molecule has 0 saturated heterocycles. The smallest absolute Gasteiger partial charge is 0.243 e. The van der Waals surface area contributed by atoms with Crippen molar-refractivity contribution in [3.8, 4) is 6.07 Å². The fourth-order valence-corrected chi connectivity index (χ4v) is 1.45. The first kappa shape index (κ1) is 9.99. The summed E-state index contributed by atoms with van der Waals surface area (Å²) in [5.74, 6) is -0.768. The summed E-state index contributed by atoms with van der Waals surface area (Å²) >= 11 is 1.42. The second-order valence-corrected chi connectivity index (χ2v) is 2.99. The van der Waals surface area contributed by atoms with E-state index in [1.165, 1.54) is 11.3 Å². The van der Waals surface area contributed by atoms with E-state index in [1.807, 2.05) is 6.07 Å². The molecule has 0 saturated carbocycles. The minimum absolute atomic E-state index is 0.198. The average Bonchev–Trinajstić information content (AvgIpc) is 2.67. The van der Waals surface area contributed by atoms with Crippen LogP contribution in [0.1, 0.15) is 5.56 Å². The Kier molecular flexibility index (Phi) is 3.44. The molecule has 1 amide bonds. The highest BCUT2D eigenvalue weighted by Gasteiger charge is 2.02. The van der Waals surface area contributed by atoms with Crippen LogP contribution in [0.3, 0.4) is 0 Å². The van der Waals surface area contributed by atoms with Crippen LogP contribution in [0.15, 0.2) is 28.0 Å². The lowest BCUT2D eigenvalue weighted by atomic mass is 10.1. The van der Waals surface area contributed by atoms with Gasteiger partial charge >= 0.3 is 0 Å². The highest BCUT2D eigenvalue weighted by molar-refractivity contribution is 7.08. The average molecular weight is 204 g/mol. The van der Waals surface area contributed by atoms with Crippen molar-refractivity contribution in [3.63, 3.8) is 0 Å². The zero-order valence-corrected chi connectivity index (χ0v) is 7.73. The molecular formula is C8H4N4OS. The van der Waals surface area contributed by atoms with Gasteiger partial charge in [0, 0.05) is 16.6 Å². The second kappa shape index (κ2) is 4.82. The molecular weight excluding hydrogens is 200 g/mol. The molecule has 0 radical (unpaired) electrons. The Bertz CT molecular complexity index is 448. The Morgan fingerprint density at radius 3 is 3.07 bits per heavy atom. The molecule has 0 unspecified atom stereocenters. The van der Waals surface area contributed by atoms with Gasteiger partial charge in [0.05, 0.1) is 11.6 Å². The molecule has 1 aromatic rings. The highest BCUT2D eigenvalue weighted by atomic mass is 32.1. The van der Waals surface area contributed by atoms with Gasteiger partial charge in [0.25, 0.3) is 0 Å². The van der Waals surface area contributed by atoms with Crippen LogP contribution in [0.5, 0.6) is 0 Å². The van der Waals surface area contributed by atoms with E-state index in [-0.39, 0.29) is 5.57 Å². The third kappa shape index (κ3) is 2.45. The molecule has 0 bridgehead atoms. The second-order valence-electron chi connectivity index (χ2n) is 2.21. The predicted molar refractivity (Wildman–Crippen MR) is 52.1 cm³/mol. The standard InChI is InChI=1S/C8H4N4OS/c9-4-7(3-8(13)11-12-10)6-1-2-14-5-6/h1-3,5H. The van der Waals surface area contributed by atoms with Crippen LogP contribution < -0.4 is 0 Å². The lowest BCUT2D eigenvalue weighted by Crippen LogP contribution is -1.87. The number of allylic oxidation sites excluding steroid dienone is 1. The molecule has 14 heavy (non-hydrogen) atoms. The van der Waals surface area contributed by atoms with Crippen LogP contribution in [0.2, 0.25) is 0 Å². The number of carbonyl (C=O) groups excluding carboxylic acids is 1. The molecule has 0 aromatic carbocycles. The summed E-state index contributed by atoms with van der Waals surface area (Å²) in [7, 11) is 0. The van der Waals surface area contributed by atoms with E-state index in [0.29, 0.717) is 5.56 Å². The lowest BCUT2D eigenvalue weighted by molar-refractivity contribution is -0.113. The molecule has 0 fully saturated rings. The molecule has 0 aliphatic heterocycles. The Balaban J connectivity index is 3.00. The maximum atomic E-state index is 10.9. The normalized spacial score (nSPS) is 10.1. The van der Waals surface area contributed by atoms with Gasteiger partial charge in [-0.25, -0.2) is 0 Å². The Morgan fingerprint density at radius 1 is 1.79 bits per heavy atom. The summed E-state index contributed by atoms with van der Waals surface area (Å²) in [6.07, 6.45) is 1.02. The van der Waals surface area contributed by atoms with Gasteiger partial charge in [-0.1, -0.05) is 0 Å². The number of carbonyl (C=O) groups is 1. The number of thiophene rings is 1. The van der Waals surface area contributed by atoms with Crippen LogP contribution >= 0.6 is 11.3 Å². The number of amides is 1. The fourth-order valence-electron chi connectivity index (χ4n) is 0.794. The van der Waals surface area contributed by atoms with Gasteiger partial charge in [0.15, 0.2) is 0 Å². The molecule has 0 aliphatic carbocycles. The minimum Gasteiger partial charge on any atom is -0.288 e. The monoisotopic (exact) mass is 204 g/mol. The minimum atomic E-state index is -0.768. The van der Waals surface area contributed by atoms with E-state index in [0.717, 1.165) is 6.08 Å². The molecule has 1 heterocycles. The lowest BCUT2D eigenvalue weighted by Gasteiger charge is -1.89. The molecule has 0 spiro atoms. The van der Waals surface area contributed by atoms with Gasteiger partial charge in [-0.3, -0.25) is 4.79 Å². The SMILES string of the molecule is N#CC(=CC(=O)N=[N+]=[N-])c1ccsc1. The summed E-state index contributed by atoms with van der Waals surface area (Å²) in [5.41, 5.74) is 8.83. The number of hydrogen-bond acceptors (Lipinski definition) is 3. The summed E-state index contributed by atoms with van der Waals surface area (Å²) in [6.45, 7) is 0. The molecule has 1 rings (SSSR count). The Hall–Kier alpha value is -2.09. The molecule has 68 valence electrons. The summed E-state index contributed by atoms with van der Waals surface area (Å²) < 4.78 is 0. The first-order valence-electron chi connectivity index (χ1n) is 3.51. The van der Waals surface area contributed by atoms with Gasteiger partial charge in [0.1, 0.15) is 0 Å². The summed E-state index contributed by atoms with van der Waals surface area (Å²) in [6, 6.07) is 3.57. The number of nitrogens with zero attached hydrogens (tertiary/aromatic N) is 4. The van der Waals surface area contributed by atoms with Crippen molar-refractivity contribution in [1.29, 1.82) is 5.26 Å². The molecule has 6 heteroatoms. The largest absolute Gasteiger partial charge is 0.288 e. The summed E-state index contributed by atoms with van der Waals surface area (Å²) in [5, 5.41) is 15.1. The van der Waals surface area contributed by atoms with Crippen molar-refractivity contribution in [3.05, 3.63) is 38.9 Å². The van der Waals surface area contributed by atoms with Crippen LogP contribution in [-0.2, 0) is 4.79 Å². The quantitative estimate of drug-likeness (QED) is 0.243. The van der Waals surface area contributed by atoms with Crippen LogP contribution in [0.25, 0.3) is 16.0 Å². The van der Waals surface area contributed by atoms with Crippen molar-refractivity contribution < 1.29 is 4.79 Å². The van der Waals surface area contributed by atoms with E-state index in [1.54, 1.807) is 16.8 Å². The molecule has 0 aliphatic rings. The third-order valence-electron chi connectivity index (χ3n) is 1.36. The van der Waals surface area contributed by atoms with Crippen molar-refractivity contribution in [2.75, 3.05) is 0 Å². The third-order valence-corrected chi connectivity index (χ3v) is 2.05. The van der Waals surface area contributed by atoms with E-state index >= 15 is 0 Å². The van der Waals surface area contributed by atoms with Crippen LogP contribution in [0.4, 0.5) is 0 Å². The van der Waals surface area contributed by atoms with E-state index in [2.05, 4.69) is 10.0 Å². The molecule has 1 aromatic heterocycles. The molecule has 0 N–H and O–H groups in total. The molecule has 0 atom stereocenters. The Labute approximate surface area is 83.5 Å². The van der Waals surface area contributed by atoms with Crippen molar-refractivity contribution in [1.82, 2.24) is 0 Å². The van der Waals surface area contributed by atoms with Crippen molar-refractivity contribution in [2.24, 2.45) is 5.11 Å². The van der Waals surface area contributed by atoms with Gasteiger partial charge in [-0.05, 0) is 27.5 Å². The van der Waals surface area contributed by atoms with Crippen LogP contribution in [-0.4, -0.2) is 5.91 Å². The Morgan fingerprint density at radius 2 is 2.57 bits per heavy atom. The number of azide groups is 1. The maximum absolute atomic E-state index is 10.9.